The molecule has 6 nitrogen and oxygen atoms in total. The number of hydrogen-bond donors (Lipinski definition) is 2. The average molecular weight is 426 g/mol. The lowest BCUT2D eigenvalue weighted by Crippen LogP contribution is -2.23. The van der Waals surface area contributed by atoms with E-state index in [4.69, 9.17) is 9.47 Å². The summed E-state index contributed by atoms with van der Waals surface area (Å²) in [6.45, 7) is -0.0624. The maximum absolute atomic E-state index is 13.0. The summed E-state index contributed by atoms with van der Waals surface area (Å²) >= 11 is 0. The molecule has 0 spiro atoms. The van der Waals surface area contributed by atoms with E-state index in [1.54, 1.807) is 12.1 Å². The van der Waals surface area contributed by atoms with Crippen LogP contribution in [-0.2, 0) is 11.3 Å². The highest BCUT2D eigenvalue weighted by atomic mass is 19.1. The Morgan fingerprint density at radius 1 is 0.871 bits per heavy atom. The molecule has 0 aromatic heterocycles. The molecule has 0 radical (unpaired) electrons. The van der Waals surface area contributed by atoms with Crippen LogP contribution in [-0.4, -0.2) is 25.5 Å². The molecule has 3 rings (SSSR count). The Bertz CT molecular complexity index is 1050. The molecule has 0 atom stereocenters. The lowest BCUT2D eigenvalue weighted by atomic mass is 10.1. The zero-order valence-corrected chi connectivity index (χ0v) is 16.7. The van der Waals surface area contributed by atoms with Crippen molar-refractivity contribution in [1.29, 1.82) is 0 Å². The number of rotatable bonds is 8. The second kappa shape index (κ2) is 10.2. The summed E-state index contributed by atoms with van der Waals surface area (Å²) in [5.41, 5.74) is 1.53. The van der Waals surface area contributed by atoms with Crippen molar-refractivity contribution in [2.24, 2.45) is 0 Å². The maximum atomic E-state index is 13.0. The second-order valence-corrected chi connectivity index (χ2v) is 6.52. The van der Waals surface area contributed by atoms with Gasteiger partial charge in [-0.25, -0.2) is 8.78 Å². The monoisotopic (exact) mass is 426 g/mol. The van der Waals surface area contributed by atoms with Crippen molar-refractivity contribution >= 4 is 17.5 Å². The summed E-state index contributed by atoms with van der Waals surface area (Å²) < 4.78 is 36.6. The van der Waals surface area contributed by atoms with Gasteiger partial charge in [0.05, 0.1) is 7.11 Å². The molecule has 0 aliphatic carbocycles. The minimum absolute atomic E-state index is 0.239. The highest BCUT2D eigenvalue weighted by Gasteiger charge is 2.13. The van der Waals surface area contributed by atoms with Crippen LogP contribution in [0.5, 0.6) is 11.5 Å². The second-order valence-electron chi connectivity index (χ2n) is 6.52. The molecule has 2 N–H and O–H groups in total. The number of hydrogen-bond acceptors (Lipinski definition) is 4. The van der Waals surface area contributed by atoms with Crippen LogP contribution in [0.1, 0.15) is 15.9 Å². The molecule has 31 heavy (non-hydrogen) atoms. The van der Waals surface area contributed by atoms with Gasteiger partial charge < -0.3 is 20.1 Å². The van der Waals surface area contributed by atoms with Crippen molar-refractivity contribution < 1.29 is 27.8 Å². The van der Waals surface area contributed by atoms with Crippen LogP contribution in [0, 0.1) is 11.6 Å². The molecule has 2 amide bonds. The normalized spacial score (nSPS) is 10.3. The largest absolute Gasteiger partial charge is 0.493 e. The first-order valence-electron chi connectivity index (χ1n) is 9.33. The van der Waals surface area contributed by atoms with Crippen molar-refractivity contribution in [2.75, 3.05) is 19.0 Å². The molecule has 0 aliphatic heterocycles. The third-order valence-electron chi connectivity index (χ3n) is 4.28. The zero-order valence-electron chi connectivity index (χ0n) is 16.7. The number of methoxy groups -OCH3 is 1. The topological polar surface area (TPSA) is 76.7 Å². The van der Waals surface area contributed by atoms with E-state index in [1.165, 1.54) is 61.7 Å². The number of halogens is 2. The minimum Gasteiger partial charge on any atom is -0.493 e. The molecule has 0 saturated heterocycles. The van der Waals surface area contributed by atoms with Gasteiger partial charge in [0, 0.05) is 17.8 Å². The Kier molecular flexibility index (Phi) is 7.16. The Morgan fingerprint density at radius 2 is 1.52 bits per heavy atom. The maximum Gasteiger partial charge on any atom is 0.262 e. The smallest absolute Gasteiger partial charge is 0.262 e. The van der Waals surface area contributed by atoms with Crippen molar-refractivity contribution in [3.05, 3.63) is 89.5 Å². The lowest BCUT2D eigenvalue weighted by Gasteiger charge is -2.12. The predicted molar refractivity (Wildman–Crippen MR) is 111 cm³/mol. The lowest BCUT2D eigenvalue weighted by molar-refractivity contribution is -0.118. The summed E-state index contributed by atoms with van der Waals surface area (Å²) in [6, 6.07) is 15.7. The fourth-order valence-corrected chi connectivity index (χ4v) is 2.69. The third kappa shape index (κ3) is 6.27. The van der Waals surface area contributed by atoms with Gasteiger partial charge in [0.25, 0.3) is 11.8 Å². The zero-order chi connectivity index (χ0) is 22.2. The van der Waals surface area contributed by atoms with Crippen LogP contribution < -0.4 is 20.1 Å². The Labute approximate surface area is 177 Å². The van der Waals surface area contributed by atoms with Crippen LogP contribution in [0.3, 0.4) is 0 Å². The van der Waals surface area contributed by atoms with Crippen LogP contribution in [0.25, 0.3) is 0 Å². The Hall–Kier alpha value is -3.94. The van der Waals surface area contributed by atoms with Gasteiger partial charge >= 0.3 is 0 Å². The Morgan fingerprint density at radius 3 is 2.16 bits per heavy atom. The van der Waals surface area contributed by atoms with Crippen LogP contribution in [0.15, 0.2) is 66.7 Å². The van der Waals surface area contributed by atoms with E-state index in [1.807, 2.05) is 0 Å². The first kappa shape index (κ1) is 21.8. The quantitative estimate of drug-likeness (QED) is 0.573. The molecular weight excluding hydrogens is 406 g/mol. The number of ether oxygens (including phenoxy) is 2. The molecule has 8 heteroatoms. The van der Waals surface area contributed by atoms with Gasteiger partial charge in [-0.1, -0.05) is 12.1 Å². The van der Waals surface area contributed by atoms with Crippen LogP contribution in [0.4, 0.5) is 14.5 Å². The van der Waals surface area contributed by atoms with Crippen molar-refractivity contribution in [3.63, 3.8) is 0 Å². The summed E-state index contributed by atoms with van der Waals surface area (Å²) in [6.07, 6.45) is 0. The summed E-state index contributed by atoms with van der Waals surface area (Å²) in [5, 5.41) is 5.32. The molecule has 0 aliphatic rings. The molecule has 3 aromatic rings. The summed E-state index contributed by atoms with van der Waals surface area (Å²) in [5.74, 6) is -0.962. The van der Waals surface area contributed by atoms with E-state index in [9.17, 15) is 18.4 Å². The number of nitrogens with one attached hydrogen (secondary N) is 2. The SMILES string of the molecule is COc1cc(C(=O)NCc2ccc(F)cc2)ccc1OCC(=O)Nc1ccc(F)cc1. The van der Waals surface area contributed by atoms with E-state index >= 15 is 0 Å². The van der Waals surface area contributed by atoms with Gasteiger partial charge in [-0.05, 0) is 60.2 Å². The van der Waals surface area contributed by atoms with Gasteiger partial charge in [0.1, 0.15) is 11.6 Å². The number of carbonyl (C=O) groups excluding carboxylic acids is 2. The summed E-state index contributed by atoms with van der Waals surface area (Å²) in [4.78, 5) is 24.4. The van der Waals surface area contributed by atoms with Gasteiger partial charge in [0.2, 0.25) is 0 Å². The number of anilines is 1. The molecule has 0 fully saturated rings. The standard InChI is InChI=1S/C23H20F2N2O4/c1-30-21-12-16(23(29)26-13-15-2-5-17(24)6-3-15)4-11-20(21)31-14-22(28)27-19-9-7-18(25)8-10-19/h2-12H,13-14H2,1H3,(H,26,29)(H,27,28). The van der Waals surface area contributed by atoms with E-state index in [0.717, 1.165) is 5.56 Å². The highest BCUT2D eigenvalue weighted by molar-refractivity contribution is 5.95. The first-order chi connectivity index (χ1) is 14.9. The van der Waals surface area contributed by atoms with Gasteiger partial charge in [-0.3, -0.25) is 9.59 Å². The minimum atomic E-state index is -0.435. The molecule has 0 saturated carbocycles. The Balaban J connectivity index is 1.57. The van der Waals surface area contributed by atoms with Crippen molar-refractivity contribution in [1.82, 2.24) is 5.32 Å². The van der Waals surface area contributed by atoms with Crippen molar-refractivity contribution in [2.45, 2.75) is 6.54 Å². The van der Waals surface area contributed by atoms with E-state index < -0.39 is 11.7 Å². The molecule has 0 bridgehead atoms. The molecule has 3 aromatic carbocycles. The highest BCUT2D eigenvalue weighted by Crippen LogP contribution is 2.28. The third-order valence-corrected chi connectivity index (χ3v) is 4.28. The molecule has 0 heterocycles. The fraction of sp³-hybridized carbons (Fsp3) is 0.130. The van der Waals surface area contributed by atoms with Gasteiger partial charge in [-0.2, -0.15) is 0 Å². The van der Waals surface area contributed by atoms with E-state index in [2.05, 4.69) is 10.6 Å². The van der Waals surface area contributed by atoms with Crippen molar-refractivity contribution in [3.8, 4) is 11.5 Å². The van der Waals surface area contributed by atoms with Gasteiger partial charge in [-0.15, -0.1) is 0 Å². The average Bonchev–Trinajstić information content (AvgIpc) is 2.78. The molecule has 160 valence electrons. The van der Waals surface area contributed by atoms with E-state index in [-0.39, 0.29) is 36.4 Å². The number of amides is 2. The van der Waals surface area contributed by atoms with Crippen LogP contribution in [0.2, 0.25) is 0 Å². The first-order valence-corrected chi connectivity index (χ1v) is 9.33. The van der Waals surface area contributed by atoms with Crippen LogP contribution >= 0.6 is 0 Å². The number of benzene rings is 3. The fourth-order valence-electron chi connectivity index (χ4n) is 2.69. The number of carbonyl (C=O) groups is 2. The van der Waals surface area contributed by atoms with E-state index in [0.29, 0.717) is 11.3 Å². The molecule has 0 unspecified atom stereocenters. The molecular formula is C23H20F2N2O4. The summed E-state index contributed by atoms with van der Waals surface area (Å²) in [7, 11) is 1.42. The predicted octanol–water partition coefficient (Wildman–Crippen LogP) is 3.92. The van der Waals surface area contributed by atoms with Gasteiger partial charge in [0.15, 0.2) is 18.1 Å².